The summed E-state index contributed by atoms with van der Waals surface area (Å²) in [5, 5.41) is 5.64. The second kappa shape index (κ2) is 15.4. The van der Waals surface area contributed by atoms with Crippen LogP contribution in [0.3, 0.4) is 0 Å². The number of nitrogens with one attached hydrogen (secondary N) is 2. The van der Waals surface area contributed by atoms with E-state index in [1.165, 1.54) is 4.90 Å². The van der Waals surface area contributed by atoms with Crippen molar-refractivity contribution < 1.29 is 23.9 Å². The smallest absolute Gasteiger partial charge is 0.255 e. The number of hydrogen-bond donors (Lipinski definition) is 2. The first-order valence-corrected chi connectivity index (χ1v) is 14.4. The number of fused-ring (bicyclic) bond motifs is 1. The lowest BCUT2D eigenvalue weighted by atomic mass is 10.1. The summed E-state index contributed by atoms with van der Waals surface area (Å²) in [5.74, 6) is -1.26. The quantitative estimate of drug-likeness (QED) is 0.405. The van der Waals surface area contributed by atoms with E-state index in [9.17, 15) is 19.2 Å². The zero-order valence-corrected chi connectivity index (χ0v) is 24.0. The van der Waals surface area contributed by atoms with Crippen molar-refractivity contribution in [2.45, 2.75) is 38.8 Å². The number of nitrogens with zero attached hydrogens (tertiary/aromatic N) is 2. The number of carbonyl (C=O) groups is 4. The van der Waals surface area contributed by atoms with E-state index in [1.54, 1.807) is 29.2 Å². The van der Waals surface area contributed by atoms with Crippen molar-refractivity contribution in [2.75, 3.05) is 32.8 Å². The number of hydrogen-bond acceptors (Lipinski definition) is 5. The van der Waals surface area contributed by atoms with Gasteiger partial charge in [-0.3, -0.25) is 19.2 Å². The molecule has 1 aliphatic rings. The van der Waals surface area contributed by atoms with Crippen LogP contribution >= 0.6 is 0 Å². The van der Waals surface area contributed by atoms with Gasteiger partial charge in [-0.1, -0.05) is 72.8 Å². The zero-order valence-electron chi connectivity index (χ0n) is 24.0. The molecule has 0 bridgehead atoms. The molecule has 0 unspecified atom stereocenters. The first kappa shape index (κ1) is 30.3. The van der Waals surface area contributed by atoms with Crippen molar-refractivity contribution in [3.05, 3.63) is 102 Å². The molecule has 1 aliphatic heterocycles. The molecule has 9 nitrogen and oxygen atoms in total. The van der Waals surface area contributed by atoms with Gasteiger partial charge in [-0.15, -0.1) is 0 Å². The Balaban J connectivity index is 1.56. The predicted molar refractivity (Wildman–Crippen MR) is 160 cm³/mol. The van der Waals surface area contributed by atoms with E-state index in [0.29, 0.717) is 31.8 Å². The zero-order chi connectivity index (χ0) is 29.7. The summed E-state index contributed by atoms with van der Waals surface area (Å²) in [7, 11) is 0. The average molecular weight is 571 g/mol. The molecule has 9 heteroatoms. The molecule has 3 aromatic carbocycles. The summed E-state index contributed by atoms with van der Waals surface area (Å²) in [6.45, 7) is 3.19. The molecule has 0 fully saturated rings. The van der Waals surface area contributed by atoms with E-state index in [0.717, 1.165) is 17.5 Å². The standard InChI is InChI=1S/C33H38N4O5/c1-2-36-20-21-42-29-18-10-9-17-27(29)32(40)35-28(33(41)34-19-11-16-25-12-5-3-6-13-25)22-30(38)37(24-31(36)39)23-26-14-7-4-8-15-26/h3-10,12-15,17-18,28H,2,11,16,19-24H2,1H3,(H,34,41)(H,35,40)/t28-/m0/s1. The summed E-state index contributed by atoms with van der Waals surface area (Å²) >= 11 is 0. The highest BCUT2D eigenvalue weighted by Gasteiger charge is 2.29. The molecule has 0 spiro atoms. The third-order valence-corrected chi connectivity index (χ3v) is 7.16. The average Bonchev–Trinajstić information content (AvgIpc) is 3.01. The Bertz CT molecular complexity index is 1350. The fraction of sp³-hybridized carbons (Fsp3) is 0.333. The van der Waals surface area contributed by atoms with Gasteiger partial charge in [0.1, 0.15) is 24.9 Å². The number of amides is 4. The van der Waals surface area contributed by atoms with E-state index < -0.39 is 23.8 Å². The van der Waals surface area contributed by atoms with E-state index in [1.807, 2.05) is 67.6 Å². The van der Waals surface area contributed by atoms with Crippen molar-refractivity contribution in [3.63, 3.8) is 0 Å². The maximum atomic E-state index is 13.7. The van der Waals surface area contributed by atoms with Crippen LogP contribution < -0.4 is 15.4 Å². The SMILES string of the molecule is CCN1CCOc2ccccc2C(=O)N[C@H](C(=O)NCCCc2ccccc2)CC(=O)N(Cc2ccccc2)CC1=O. The summed E-state index contributed by atoms with van der Waals surface area (Å²) < 4.78 is 5.91. The van der Waals surface area contributed by atoms with Gasteiger partial charge in [0.25, 0.3) is 5.91 Å². The molecule has 0 saturated heterocycles. The monoisotopic (exact) mass is 570 g/mol. The van der Waals surface area contributed by atoms with E-state index in [-0.39, 0.29) is 37.6 Å². The Morgan fingerprint density at radius 1 is 0.881 bits per heavy atom. The van der Waals surface area contributed by atoms with Gasteiger partial charge in [0.15, 0.2) is 0 Å². The molecular weight excluding hydrogens is 532 g/mol. The van der Waals surface area contributed by atoms with Crippen molar-refractivity contribution in [1.82, 2.24) is 20.4 Å². The highest BCUT2D eigenvalue weighted by molar-refractivity contribution is 6.01. The van der Waals surface area contributed by atoms with Gasteiger partial charge in [-0.25, -0.2) is 0 Å². The van der Waals surface area contributed by atoms with E-state index >= 15 is 0 Å². The fourth-order valence-corrected chi connectivity index (χ4v) is 4.83. The number of benzene rings is 3. The number of rotatable bonds is 8. The topological polar surface area (TPSA) is 108 Å². The van der Waals surface area contributed by atoms with Gasteiger partial charge < -0.3 is 25.2 Å². The molecule has 220 valence electrons. The van der Waals surface area contributed by atoms with Crippen LogP contribution in [0.15, 0.2) is 84.9 Å². The minimum Gasteiger partial charge on any atom is -0.491 e. The van der Waals surface area contributed by atoms with E-state index in [2.05, 4.69) is 10.6 Å². The molecule has 0 saturated carbocycles. The number of likely N-dealkylation sites (N-methyl/N-ethyl adjacent to an activating group) is 1. The summed E-state index contributed by atoms with van der Waals surface area (Å²) in [5.41, 5.74) is 2.26. The van der Waals surface area contributed by atoms with Gasteiger partial charge in [-0.05, 0) is 43.0 Å². The molecule has 1 heterocycles. The Morgan fingerprint density at radius 2 is 1.55 bits per heavy atom. The minimum absolute atomic E-state index is 0.155. The molecule has 42 heavy (non-hydrogen) atoms. The Morgan fingerprint density at radius 3 is 2.26 bits per heavy atom. The highest BCUT2D eigenvalue weighted by Crippen LogP contribution is 2.19. The van der Waals surface area contributed by atoms with Crippen LogP contribution in [0.5, 0.6) is 5.75 Å². The Hall–Kier alpha value is -4.66. The lowest BCUT2D eigenvalue weighted by Crippen LogP contribution is -2.51. The third-order valence-electron chi connectivity index (χ3n) is 7.16. The molecule has 4 rings (SSSR count). The van der Waals surface area contributed by atoms with Crippen LogP contribution in [0.25, 0.3) is 0 Å². The van der Waals surface area contributed by atoms with Gasteiger partial charge in [0.05, 0.1) is 18.5 Å². The summed E-state index contributed by atoms with van der Waals surface area (Å²) in [4.78, 5) is 56.8. The second-order valence-corrected chi connectivity index (χ2v) is 10.2. The minimum atomic E-state index is -1.15. The third kappa shape index (κ3) is 8.67. The summed E-state index contributed by atoms with van der Waals surface area (Å²) in [6, 6.07) is 24.9. The molecule has 3 aromatic rings. The highest BCUT2D eigenvalue weighted by atomic mass is 16.5. The molecule has 0 aromatic heterocycles. The molecule has 0 radical (unpaired) electrons. The molecule has 4 amide bonds. The van der Waals surface area contributed by atoms with Crippen molar-refractivity contribution >= 4 is 23.6 Å². The van der Waals surface area contributed by atoms with Crippen molar-refractivity contribution in [1.29, 1.82) is 0 Å². The number of para-hydroxylation sites is 1. The number of ether oxygens (including phenoxy) is 1. The van der Waals surface area contributed by atoms with Crippen LogP contribution in [0.2, 0.25) is 0 Å². The molecular formula is C33H38N4O5. The lowest BCUT2D eigenvalue weighted by molar-refractivity contribution is -0.142. The molecule has 0 aliphatic carbocycles. The number of carbonyl (C=O) groups excluding carboxylic acids is 4. The lowest BCUT2D eigenvalue weighted by Gasteiger charge is -2.29. The molecule has 1 atom stereocenters. The normalized spacial score (nSPS) is 16.6. The van der Waals surface area contributed by atoms with Crippen LogP contribution in [0.4, 0.5) is 0 Å². The van der Waals surface area contributed by atoms with Gasteiger partial charge in [-0.2, -0.15) is 0 Å². The maximum Gasteiger partial charge on any atom is 0.255 e. The van der Waals surface area contributed by atoms with Gasteiger partial charge >= 0.3 is 0 Å². The van der Waals surface area contributed by atoms with Crippen LogP contribution in [-0.4, -0.2) is 72.3 Å². The first-order valence-electron chi connectivity index (χ1n) is 14.4. The van der Waals surface area contributed by atoms with Crippen molar-refractivity contribution in [2.24, 2.45) is 0 Å². The Labute approximate surface area is 246 Å². The predicted octanol–water partition coefficient (Wildman–Crippen LogP) is 3.19. The van der Waals surface area contributed by atoms with Gasteiger partial charge in [0.2, 0.25) is 17.7 Å². The first-order chi connectivity index (χ1) is 20.4. The largest absolute Gasteiger partial charge is 0.491 e. The van der Waals surface area contributed by atoms with Crippen LogP contribution in [0.1, 0.15) is 41.3 Å². The van der Waals surface area contributed by atoms with Crippen molar-refractivity contribution in [3.8, 4) is 5.75 Å². The van der Waals surface area contributed by atoms with E-state index in [4.69, 9.17) is 4.74 Å². The molecule has 2 N–H and O–H groups in total. The fourth-order valence-electron chi connectivity index (χ4n) is 4.83. The second-order valence-electron chi connectivity index (χ2n) is 10.2. The Kier molecular flexibility index (Phi) is 11.1. The van der Waals surface area contributed by atoms with Crippen LogP contribution in [0, 0.1) is 0 Å². The van der Waals surface area contributed by atoms with Gasteiger partial charge in [0, 0.05) is 19.6 Å². The summed E-state index contributed by atoms with van der Waals surface area (Å²) in [6.07, 6.45) is 1.18. The number of aryl methyl sites for hydroxylation is 1. The van der Waals surface area contributed by atoms with Crippen LogP contribution in [-0.2, 0) is 27.3 Å². The maximum absolute atomic E-state index is 13.7.